The summed E-state index contributed by atoms with van der Waals surface area (Å²) >= 11 is 3.05. The highest BCUT2D eigenvalue weighted by molar-refractivity contribution is 7.13. The Morgan fingerprint density at radius 3 is 2.95 bits per heavy atom. The van der Waals surface area contributed by atoms with Crippen molar-refractivity contribution in [2.24, 2.45) is 0 Å². The third-order valence-electron chi connectivity index (χ3n) is 3.03. The second kappa shape index (κ2) is 6.85. The van der Waals surface area contributed by atoms with Crippen LogP contribution in [0.4, 0.5) is 0 Å². The molecule has 0 unspecified atom stereocenters. The standard InChI is InChI=1S/C15H15N3O2S2/c1-10-2-3-13(20-10)15-18-12(8-22-15)6-14(19)16-5-4-11-7-21-9-17-11/h2-3,7-9H,4-6H2,1H3,(H,16,19). The number of aromatic nitrogens is 2. The van der Waals surface area contributed by atoms with Crippen molar-refractivity contribution in [3.8, 4) is 10.8 Å². The van der Waals surface area contributed by atoms with Crippen LogP contribution in [-0.4, -0.2) is 22.4 Å². The van der Waals surface area contributed by atoms with Crippen LogP contribution in [0.25, 0.3) is 10.8 Å². The molecule has 3 rings (SSSR count). The molecular weight excluding hydrogens is 318 g/mol. The van der Waals surface area contributed by atoms with Gasteiger partial charge in [-0.05, 0) is 19.1 Å². The molecular formula is C15H15N3O2S2. The highest BCUT2D eigenvalue weighted by atomic mass is 32.1. The van der Waals surface area contributed by atoms with E-state index in [1.54, 1.807) is 16.8 Å². The van der Waals surface area contributed by atoms with Crippen molar-refractivity contribution in [1.82, 2.24) is 15.3 Å². The molecule has 0 aliphatic carbocycles. The Hall–Kier alpha value is -1.99. The van der Waals surface area contributed by atoms with Crippen LogP contribution in [0.1, 0.15) is 17.1 Å². The van der Waals surface area contributed by atoms with Gasteiger partial charge < -0.3 is 9.73 Å². The number of nitrogens with one attached hydrogen (secondary N) is 1. The molecule has 3 heterocycles. The van der Waals surface area contributed by atoms with E-state index in [1.807, 2.05) is 29.8 Å². The molecule has 0 aliphatic heterocycles. The van der Waals surface area contributed by atoms with Gasteiger partial charge in [0.25, 0.3) is 0 Å². The number of carbonyl (C=O) groups is 1. The van der Waals surface area contributed by atoms with Crippen LogP contribution < -0.4 is 5.32 Å². The smallest absolute Gasteiger partial charge is 0.226 e. The van der Waals surface area contributed by atoms with E-state index < -0.39 is 0 Å². The Bertz CT molecular complexity index is 747. The Labute approximate surface area is 136 Å². The minimum Gasteiger partial charge on any atom is -0.459 e. The van der Waals surface area contributed by atoms with Crippen molar-refractivity contribution < 1.29 is 9.21 Å². The fraction of sp³-hybridized carbons (Fsp3) is 0.267. The average molecular weight is 333 g/mol. The van der Waals surface area contributed by atoms with E-state index >= 15 is 0 Å². The van der Waals surface area contributed by atoms with Gasteiger partial charge in [0.1, 0.15) is 5.76 Å². The Balaban J connectivity index is 1.50. The monoisotopic (exact) mass is 333 g/mol. The van der Waals surface area contributed by atoms with Gasteiger partial charge >= 0.3 is 0 Å². The highest BCUT2D eigenvalue weighted by Crippen LogP contribution is 2.25. The van der Waals surface area contributed by atoms with Gasteiger partial charge in [-0.2, -0.15) is 0 Å². The summed E-state index contributed by atoms with van der Waals surface area (Å²) in [5.74, 6) is 1.58. The fourth-order valence-corrected chi connectivity index (χ4v) is 3.34. The maximum Gasteiger partial charge on any atom is 0.226 e. The Morgan fingerprint density at radius 1 is 1.32 bits per heavy atom. The van der Waals surface area contributed by atoms with Gasteiger partial charge in [0, 0.05) is 23.7 Å². The average Bonchev–Trinajstić information content (AvgIpc) is 3.20. The third kappa shape index (κ3) is 3.80. The number of amides is 1. The number of hydrogen-bond acceptors (Lipinski definition) is 6. The number of aryl methyl sites for hydroxylation is 1. The zero-order valence-electron chi connectivity index (χ0n) is 12.0. The number of rotatable bonds is 6. The second-order valence-electron chi connectivity index (χ2n) is 4.81. The number of furan rings is 1. The van der Waals surface area contributed by atoms with Gasteiger partial charge in [0.05, 0.1) is 23.3 Å². The maximum atomic E-state index is 11.9. The normalized spacial score (nSPS) is 10.8. The quantitative estimate of drug-likeness (QED) is 0.753. The maximum absolute atomic E-state index is 11.9. The molecule has 0 aliphatic rings. The Morgan fingerprint density at radius 2 is 2.23 bits per heavy atom. The summed E-state index contributed by atoms with van der Waals surface area (Å²) in [5.41, 5.74) is 3.57. The SMILES string of the molecule is Cc1ccc(-c2nc(CC(=O)NCCc3cscn3)cs2)o1. The summed E-state index contributed by atoms with van der Waals surface area (Å²) in [6.45, 7) is 2.49. The van der Waals surface area contributed by atoms with Crippen molar-refractivity contribution in [3.63, 3.8) is 0 Å². The molecule has 3 aromatic rings. The molecule has 0 saturated carbocycles. The van der Waals surface area contributed by atoms with E-state index in [-0.39, 0.29) is 12.3 Å². The zero-order valence-corrected chi connectivity index (χ0v) is 13.7. The lowest BCUT2D eigenvalue weighted by atomic mass is 10.3. The van der Waals surface area contributed by atoms with Crippen LogP contribution in [0, 0.1) is 6.92 Å². The van der Waals surface area contributed by atoms with Crippen LogP contribution in [0.3, 0.4) is 0 Å². The van der Waals surface area contributed by atoms with Gasteiger partial charge in [-0.3, -0.25) is 4.79 Å². The van der Waals surface area contributed by atoms with E-state index in [4.69, 9.17) is 4.42 Å². The topological polar surface area (TPSA) is 68.0 Å². The molecule has 7 heteroatoms. The summed E-state index contributed by atoms with van der Waals surface area (Å²) in [4.78, 5) is 20.5. The number of thiazole rings is 2. The van der Waals surface area contributed by atoms with Crippen molar-refractivity contribution in [2.45, 2.75) is 19.8 Å². The molecule has 0 atom stereocenters. The van der Waals surface area contributed by atoms with Gasteiger partial charge in [0.2, 0.25) is 5.91 Å². The van der Waals surface area contributed by atoms with Crippen LogP contribution in [0.15, 0.2) is 32.8 Å². The molecule has 1 amide bonds. The number of carbonyl (C=O) groups excluding carboxylic acids is 1. The minimum atomic E-state index is -0.0253. The van der Waals surface area contributed by atoms with Crippen LogP contribution in [0.2, 0.25) is 0 Å². The summed E-state index contributed by atoms with van der Waals surface area (Å²) in [6, 6.07) is 3.80. The molecule has 22 heavy (non-hydrogen) atoms. The molecule has 0 aromatic carbocycles. The molecule has 5 nitrogen and oxygen atoms in total. The van der Waals surface area contributed by atoms with Gasteiger partial charge in [-0.15, -0.1) is 22.7 Å². The zero-order chi connectivity index (χ0) is 15.4. The van der Waals surface area contributed by atoms with E-state index in [9.17, 15) is 4.79 Å². The minimum absolute atomic E-state index is 0.0253. The molecule has 0 fully saturated rings. The van der Waals surface area contributed by atoms with Gasteiger partial charge in [0.15, 0.2) is 10.8 Å². The second-order valence-corrected chi connectivity index (χ2v) is 6.39. The third-order valence-corrected chi connectivity index (χ3v) is 4.57. The molecule has 1 N–H and O–H groups in total. The highest BCUT2D eigenvalue weighted by Gasteiger charge is 2.11. The molecule has 3 aromatic heterocycles. The lowest BCUT2D eigenvalue weighted by molar-refractivity contribution is -0.120. The van der Waals surface area contributed by atoms with Crippen LogP contribution in [-0.2, 0) is 17.6 Å². The summed E-state index contributed by atoms with van der Waals surface area (Å²) < 4.78 is 5.54. The molecule has 0 radical (unpaired) electrons. The predicted octanol–water partition coefficient (Wildman–Crippen LogP) is 3.07. The first-order chi connectivity index (χ1) is 10.7. The van der Waals surface area contributed by atoms with Gasteiger partial charge in [-0.1, -0.05) is 0 Å². The number of hydrogen-bond donors (Lipinski definition) is 1. The van der Waals surface area contributed by atoms with Crippen molar-refractivity contribution in [3.05, 3.63) is 45.6 Å². The first-order valence-electron chi connectivity index (χ1n) is 6.85. The largest absolute Gasteiger partial charge is 0.459 e. The van der Waals surface area contributed by atoms with E-state index in [0.717, 1.165) is 34.3 Å². The molecule has 0 saturated heterocycles. The first-order valence-corrected chi connectivity index (χ1v) is 8.68. The number of nitrogens with zero attached hydrogens (tertiary/aromatic N) is 2. The van der Waals surface area contributed by atoms with Crippen molar-refractivity contribution in [2.75, 3.05) is 6.54 Å². The Kier molecular flexibility index (Phi) is 4.65. The lowest BCUT2D eigenvalue weighted by Crippen LogP contribution is -2.27. The van der Waals surface area contributed by atoms with Crippen molar-refractivity contribution in [1.29, 1.82) is 0 Å². The predicted molar refractivity (Wildman–Crippen MR) is 87.1 cm³/mol. The van der Waals surface area contributed by atoms with E-state index in [1.165, 1.54) is 11.3 Å². The summed E-state index contributed by atoms with van der Waals surface area (Å²) in [6.07, 6.45) is 1.04. The van der Waals surface area contributed by atoms with E-state index in [2.05, 4.69) is 15.3 Å². The van der Waals surface area contributed by atoms with E-state index in [0.29, 0.717) is 6.54 Å². The molecule has 114 valence electrons. The molecule has 0 bridgehead atoms. The summed E-state index contributed by atoms with van der Waals surface area (Å²) in [5, 5.41) is 7.58. The summed E-state index contributed by atoms with van der Waals surface area (Å²) in [7, 11) is 0. The van der Waals surface area contributed by atoms with Crippen LogP contribution >= 0.6 is 22.7 Å². The van der Waals surface area contributed by atoms with Crippen molar-refractivity contribution >= 4 is 28.6 Å². The first kappa shape index (κ1) is 14.9. The van der Waals surface area contributed by atoms with Crippen LogP contribution in [0.5, 0.6) is 0 Å². The lowest BCUT2D eigenvalue weighted by Gasteiger charge is -2.02. The van der Waals surface area contributed by atoms with Gasteiger partial charge in [-0.25, -0.2) is 9.97 Å². The fourth-order valence-electron chi connectivity index (χ4n) is 1.97. The molecule has 0 spiro atoms.